The molecule has 39 heteroatoms. The summed E-state index contributed by atoms with van der Waals surface area (Å²) in [5, 5.41) is 0. The van der Waals surface area contributed by atoms with Gasteiger partial charge in [0.2, 0.25) is 0 Å². The summed E-state index contributed by atoms with van der Waals surface area (Å²) in [7, 11) is 1.45. The molecule has 0 N–H and O–H groups in total. The minimum absolute atomic E-state index is 0.00252. The molecule has 7 aromatic carbocycles. The van der Waals surface area contributed by atoms with Crippen LogP contribution in [0.3, 0.4) is 0 Å². The molecule has 142 heavy (non-hydrogen) atoms. The zero-order valence-corrected chi connectivity index (χ0v) is 80.0. The summed E-state index contributed by atoms with van der Waals surface area (Å²) < 4.78 is 149. The van der Waals surface area contributed by atoms with Crippen LogP contribution in [0.5, 0.6) is 28.7 Å². The first-order valence-electron chi connectivity index (χ1n) is 46.8. The largest absolute Gasteiger partial charge is 0.497 e. The predicted molar refractivity (Wildman–Crippen MR) is 490 cm³/mol. The third kappa shape index (κ3) is 37.5. The molecule has 0 radical (unpaired) electrons. The molecule has 14 saturated heterocycles. The molecule has 14 aliphatic heterocycles. The van der Waals surface area contributed by atoms with Gasteiger partial charge in [-0.05, 0) is 176 Å². The first kappa shape index (κ1) is 104. The van der Waals surface area contributed by atoms with Crippen LogP contribution in [0, 0.1) is 27.7 Å². The van der Waals surface area contributed by atoms with Crippen molar-refractivity contribution in [3.05, 3.63) is 217 Å². The second kappa shape index (κ2) is 50.1. The summed E-state index contributed by atoms with van der Waals surface area (Å²) in [6, 6.07) is 37.6. The van der Waals surface area contributed by atoms with Gasteiger partial charge in [0.05, 0.1) is 155 Å². The number of methoxy groups -OCH3 is 1. The van der Waals surface area contributed by atoms with E-state index in [1.807, 2.05) is 90.9 Å². The highest BCUT2D eigenvalue weighted by Gasteiger charge is 2.36. The summed E-state index contributed by atoms with van der Waals surface area (Å²) in [6.45, 7) is 27.7. The van der Waals surface area contributed by atoms with E-state index in [4.69, 9.17) is 137 Å². The Kier molecular flexibility index (Phi) is 36.7. The van der Waals surface area contributed by atoms with Crippen molar-refractivity contribution < 1.29 is 185 Å². The van der Waals surface area contributed by atoms with E-state index in [9.17, 15) is 47.9 Å². The average molecular weight is 1980 g/mol. The van der Waals surface area contributed by atoms with Crippen LogP contribution in [0.15, 0.2) is 133 Å². The summed E-state index contributed by atoms with van der Waals surface area (Å²) >= 11 is 0. The van der Waals surface area contributed by atoms with Crippen LogP contribution in [0.25, 0.3) is 0 Å². The van der Waals surface area contributed by atoms with Crippen LogP contribution >= 0.6 is 0 Å². The molecule has 0 aliphatic carbocycles. The van der Waals surface area contributed by atoms with E-state index in [0.29, 0.717) is 150 Å². The molecule has 0 amide bonds. The van der Waals surface area contributed by atoms with Crippen LogP contribution in [0.4, 0.5) is 0 Å². The molecule has 0 aromatic heterocycles. The lowest BCUT2D eigenvalue weighted by molar-refractivity contribution is 0.0430. The molecule has 21 rings (SSSR count). The van der Waals surface area contributed by atoms with Gasteiger partial charge in [-0.1, -0.05) is 39.0 Å². The molecular formula is C103H116O39. The van der Waals surface area contributed by atoms with Gasteiger partial charge in [-0.3, -0.25) is 0 Å². The predicted octanol–water partition coefficient (Wildman–Crippen LogP) is 9.01. The van der Waals surface area contributed by atoms with Crippen molar-refractivity contribution in [1.82, 2.24) is 0 Å². The first-order chi connectivity index (χ1) is 68.6. The van der Waals surface area contributed by atoms with Crippen molar-refractivity contribution in [1.29, 1.82) is 0 Å². The van der Waals surface area contributed by atoms with E-state index >= 15 is 0 Å². The van der Waals surface area contributed by atoms with Crippen molar-refractivity contribution in [2.75, 3.05) is 192 Å². The Morgan fingerprint density at radius 1 is 0.239 bits per heavy atom. The van der Waals surface area contributed by atoms with Crippen LogP contribution in [-0.2, 0) is 119 Å². The number of esters is 10. The quantitative estimate of drug-likeness (QED) is 0.0195. The monoisotopic (exact) mass is 1980 g/mol. The third-order valence-corrected chi connectivity index (χ3v) is 22.1. The molecule has 14 atom stereocenters. The lowest BCUT2D eigenvalue weighted by atomic mass is 9.85. The standard InChI is InChI=1S/C18H22O6.C16H18O6.C15H16O7.C15H16O6.C14H14O6.C13H16O4.C12H14O4/c1-18(2,3)13-5-11(16(19)23-9-14-7-21-14)4-12(6-13)17(20)24-10-15-8-22-15;1-9-3-10(2)14(16(18)22-8-12-6-20-12)4-13(9)15(17)21-7-11-5-19-11;1-18-11-3-9(14(16)21-7-12-5-19-12)2-10(4-11)15(17)22-8-13-6-20-13;1-9-2-10(14(16)20-7-12-5-18-12)4-11(3-9)15(17)21-8-13-6-19-13;15-13(19-7-9-5-17-9)11-3-1-2-4-12(11)14(16)20-8-10-6-18-10;1-9-4-10(14-5-11-6-15-11)2-3-13(9)17-8-12-7-16-12;1-2-10(14-6-12-8-16-12)4-3-9(1)13-5-11-7-15-11/h4-6,14-15H,7-10H2,1-3H3;3-4,11-12H,5-8H2,1-2H3;2-4,12-13H,5-8H2,1H3;2-4,12-13H,5-8H2,1H3;1-4,9-10H,5-8H2;2-4,11-12H,5-8H2,1H3;1-4,11-12H,5-8H2. The van der Waals surface area contributed by atoms with Crippen LogP contribution in [0.2, 0.25) is 0 Å². The Morgan fingerprint density at radius 2 is 0.472 bits per heavy atom. The molecule has 0 bridgehead atoms. The molecule has 0 spiro atoms. The van der Waals surface area contributed by atoms with E-state index in [2.05, 4.69) is 0 Å². The van der Waals surface area contributed by atoms with Crippen molar-refractivity contribution in [3.63, 3.8) is 0 Å². The number of carbonyl (C=O) groups is 10. The van der Waals surface area contributed by atoms with E-state index in [1.54, 1.807) is 54.6 Å². The maximum atomic E-state index is 12.3. The zero-order chi connectivity index (χ0) is 99.8. The van der Waals surface area contributed by atoms with Gasteiger partial charge in [0.25, 0.3) is 0 Å². The maximum Gasteiger partial charge on any atom is 0.339 e. The van der Waals surface area contributed by atoms with Gasteiger partial charge in [0.1, 0.15) is 207 Å². The number of benzene rings is 7. The highest BCUT2D eigenvalue weighted by molar-refractivity contribution is 6.03. The van der Waals surface area contributed by atoms with Gasteiger partial charge in [0, 0.05) is 0 Å². The number of hydrogen-bond donors (Lipinski definition) is 0. The van der Waals surface area contributed by atoms with Crippen LogP contribution in [0.1, 0.15) is 152 Å². The van der Waals surface area contributed by atoms with Crippen LogP contribution < -0.4 is 23.7 Å². The first-order valence-corrected chi connectivity index (χ1v) is 46.8. The van der Waals surface area contributed by atoms with E-state index in [0.717, 1.165) is 77.2 Å². The van der Waals surface area contributed by atoms with E-state index in [-0.39, 0.29) is 161 Å². The Morgan fingerprint density at radius 3 is 0.732 bits per heavy atom. The highest BCUT2D eigenvalue weighted by atomic mass is 16.7. The fraction of sp³-hybridized carbons (Fsp3) is 0.495. The summed E-state index contributed by atoms with van der Waals surface area (Å²) in [5.41, 5.74) is 7.05. The number of rotatable bonds is 43. The molecule has 14 unspecified atom stereocenters. The molecule has 762 valence electrons. The van der Waals surface area contributed by atoms with Gasteiger partial charge < -0.3 is 137 Å². The van der Waals surface area contributed by atoms with E-state index < -0.39 is 59.7 Å². The lowest BCUT2D eigenvalue weighted by Crippen LogP contribution is -2.18. The summed E-state index contributed by atoms with van der Waals surface area (Å²) in [6.07, 6.45) is 1.18. The molecule has 14 aliphatic rings. The fourth-order valence-corrected chi connectivity index (χ4v) is 12.5. The average Bonchev–Trinajstić information content (AvgIpc) is 1.81. The number of epoxide rings is 14. The molecule has 39 nitrogen and oxygen atoms in total. The molecule has 7 aromatic rings. The molecule has 14 fully saturated rings. The maximum absolute atomic E-state index is 12.3. The van der Waals surface area contributed by atoms with E-state index in [1.165, 1.54) is 43.5 Å². The number of hydrogen-bond acceptors (Lipinski definition) is 39. The number of ether oxygens (including phenoxy) is 29. The van der Waals surface area contributed by atoms with Gasteiger partial charge in [0.15, 0.2) is 0 Å². The fourth-order valence-electron chi connectivity index (χ4n) is 12.5. The van der Waals surface area contributed by atoms with Gasteiger partial charge in [-0.15, -0.1) is 0 Å². The SMILES string of the molecule is CC(C)(C)c1cc(C(=O)OCC2CO2)cc(C(=O)OCC2CO2)c1.COc1cc(C(=O)OCC2CO2)cc(C(=O)OCC2CO2)c1.Cc1cc(C(=O)OCC2CO2)cc(C(=O)OCC2CO2)c1.Cc1cc(C)c(C(=O)OCC2CO2)cc1C(=O)OCC1CO1.Cc1cc(OCC2CO2)ccc1OCC1CO1.O=C(OCC1CO1)c1ccccc1C(=O)OCC1CO1.c1cc(OCC2CO2)ccc1OCC1CO1. The van der Waals surface area contributed by atoms with Crippen molar-refractivity contribution in [2.45, 2.75) is 139 Å². The molecular weight excluding hydrogens is 1860 g/mol. The highest BCUT2D eigenvalue weighted by Crippen LogP contribution is 2.32. The summed E-state index contributed by atoms with van der Waals surface area (Å²) in [4.78, 5) is 120. The van der Waals surface area contributed by atoms with Crippen LogP contribution in [-0.4, -0.2) is 337 Å². The Hall–Kier alpha value is -12.3. The smallest absolute Gasteiger partial charge is 0.339 e. The van der Waals surface area contributed by atoms with Gasteiger partial charge in [-0.2, -0.15) is 0 Å². The van der Waals surface area contributed by atoms with Gasteiger partial charge in [-0.25, -0.2) is 47.9 Å². The Labute approximate surface area is 818 Å². The third-order valence-electron chi connectivity index (χ3n) is 22.1. The lowest BCUT2D eigenvalue weighted by Gasteiger charge is -2.20. The number of carbonyl (C=O) groups excluding carboxylic acids is 10. The van der Waals surface area contributed by atoms with Crippen molar-refractivity contribution in [2.24, 2.45) is 0 Å². The zero-order valence-electron chi connectivity index (χ0n) is 80.0. The molecule has 14 heterocycles. The van der Waals surface area contributed by atoms with Crippen molar-refractivity contribution >= 4 is 59.7 Å². The minimum Gasteiger partial charge on any atom is -0.497 e. The molecule has 0 saturated carbocycles. The Bertz CT molecular complexity index is 5230. The second-order valence-electron chi connectivity index (χ2n) is 36.1. The van der Waals surface area contributed by atoms with Crippen molar-refractivity contribution in [3.8, 4) is 28.7 Å². The summed E-state index contributed by atoms with van der Waals surface area (Å²) in [5.74, 6) is -1.06. The number of aryl methyl sites for hydroxylation is 4. The Balaban J connectivity index is 0.000000125. The van der Waals surface area contributed by atoms with Gasteiger partial charge >= 0.3 is 59.7 Å². The minimum atomic E-state index is -0.546. The normalized spacial score (nSPS) is 23.1. The second-order valence-corrected chi connectivity index (χ2v) is 36.1. The topological polar surface area (TPSA) is 485 Å².